The van der Waals surface area contributed by atoms with Gasteiger partial charge in [-0.05, 0) is 17.0 Å². The number of nitrogens with one attached hydrogen (secondary N) is 1. The third-order valence-corrected chi connectivity index (χ3v) is 4.54. The molecule has 0 bridgehead atoms. The lowest BCUT2D eigenvalue weighted by molar-refractivity contribution is 0.145. The number of imidazole rings is 1. The van der Waals surface area contributed by atoms with Crippen LogP contribution in [0.3, 0.4) is 0 Å². The molecule has 1 aromatic carbocycles. The van der Waals surface area contributed by atoms with Gasteiger partial charge in [0.15, 0.2) is 0 Å². The van der Waals surface area contributed by atoms with Crippen molar-refractivity contribution in [1.29, 1.82) is 0 Å². The van der Waals surface area contributed by atoms with Gasteiger partial charge in [0.05, 0.1) is 6.04 Å². The highest BCUT2D eigenvalue weighted by Gasteiger charge is 2.26. The second kappa shape index (κ2) is 7.95. The van der Waals surface area contributed by atoms with E-state index in [4.69, 9.17) is 0 Å². The van der Waals surface area contributed by atoms with Crippen molar-refractivity contribution in [3.63, 3.8) is 0 Å². The van der Waals surface area contributed by atoms with Gasteiger partial charge >= 0.3 is 0 Å². The van der Waals surface area contributed by atoms with Crippen LogP contribution in [0.1, 0.15) is 42.8 Å². The number of hydrogen-bond donors (Lipinski definition) is 1. The lowest BCUT2D eigenvalue weighted by atomic mass is 10.0. The van der Waals surface area contributed by atoms with Crippen LogP contribution in [0, 0.1) is 0 Å². The maximum Gasteiger partial charge on any atom is 0.127 e. The molecular formula is C18H27ClN4. The van der Waals surface area contributed by atoms with Crippen LogP contribution in [0.5, 0.6) is 0 Å². The van der Waals surface area contributed by atoms with Gasteiger partial charge in [0.2, 0.25) is 0 Å². The Hall–Kier alpha value is -1.36. The van der Waals surface area contributed by atoms with Gasteiger partial charge < -0.3 is 9.88 Å². The van der Waals surface area contributed by atoms with E-state index in [2.05, 4.69) is 64.9 Å². The van der Waals surface area contributed by atoms with Crippen molar-refractivity contribution in [2.24, 2.45) is 7.05 Å². The first kappa shape index (κ1) is 18.0. The molecule has 0 spiro atoms. The molecule has 0 radical (unpaired) electrons. The van der Waals surface area contributed by atoms with Gasteiger partial charge in [-0.2, -0.15) is 0 Å². The minimum Gasteiger partial charge on any atom is -0.337 e. The van der Waals surface area contributed by atoms with E-state index >= 15 is 0 Å². The van der Waals surface area contributed by atoms with E-state index in [0.717, 1.165) is 32.0 Å². The van der Waals surface area contributed by atoms with Gasteiger partial charge in [-0.15, -0.1) is 12.4 Å². The first-order valence-electron chi connectivity index (χ1n) is 8.16. The van der Waals surface area contributed by atoms with E-state index in [1.807, 2.05) is 12.4 Å². The lowest BCUT2D eigenvalue weighted by Gasteiger charge is -2.35. The molecular weight excluding hydrogens is 308 g/mol. The van der Waals surface area contributed by atoms with Gasteiger partial charge in [-0.25, -0.2) is 4.98 Å². The average molecular weight is 335 g/mol. The maximum absolute atomic E-state index is 4.55. The summed E-state index contributed by atoms with van der Waals surface area (Å²) in [6, 6.07) is 9.41. The standard InChI is InChI=1S/C18H26N4.ClH/c1-14(2)16-6-4-15(5-7-16)13-22-11-8-19-12-17(22)18-20-9-10-21(18)3;/h4-7,9-10,14,17,19H,8,11-13H2,1-3H3;1H. The van der Waals surface area contributed by atoms with Crippen LogP contribution in [-0.4, -0.2) is 34.1 Å². The monoisotopic (exact) mass is 334 g/mol. The number of aryl methyl sites for hydroxylation is 1. The molecule has 5 heteroatoms. The SMILES string of the molecule is CC(C)c1ccc(CN2CCNCC2c2nccn2C)cc1.Cl. The van der Waals surface area contributed by atoms with Crippen LogP contribution in [0.4, 0.5) is 0 Å². The van der Waals surface area contributed by atoms with Gasteiger partial charge in [0.25, 0.3) is 0 Å². The fraction of sp³-hybridized carbons (Fsp3) is 0.500. The maximum atomic E-state index is 4.55. The number of halogens is 1. The summed E-state index contributed by atoms with van der Waals surface area (Å²) in [6.07, 6.45) is 3.92. The Bertz CT molecular complexity index is 606. The molecule has 1 N–H and O–H groups in total. The summed E-state index contributed by atoms with van der Waals surface area (Å²) < 4.78 is 2.13. The van der Waals surface area contributed by atoms with Crippen LogP contribution in [0.25, 0.3) is 0 Å². The molecule has 0 aliphatic carbocycles. The zero-order valence-electron chi connectivity index (χ0n) is 14.2. The van der Waals surface area contributed by atoms with Gasteiger partial charge in [0, 0.05) is 45.6 Å². The summed E-state index contributed by atoms with van der Waals surface area (Å²) in [6.45, 7) is 8.53. The van der Waals surface area contributed by atoms with E-state index in [1.165, 1.54) is 11.1 Å². The number of nitrogens with zero attached hydrogens (tertiary/aromatic N) is 3. The highest BCUT2D eigenvalue weighted by atomic mass is 35.5. The number of hydrogen-bond acceptors (Lipinski definition) is 3. The first-order chi connectivity index (χ1) is 10.6. The molecule has 23 heavy (non-hydrogen) atoms. The van der Waals surface area contributed by atoms with E-state index in [0.29, 0.717) is 12.0 Å². The van der Waals surface area contributed by atoms with Gasteiger partial charge in [-0.3, -0.25) is 4.90 Å². The molecule has 0 saturated carbocycles. The Morgan fingerprint density at radius 1 is 1.26 bits per heavy atom. The lowest BCUT2D eigenvalue weighted by Crippen LogP contribution is -2.46. The van der Waals surface area contributed by atoms with Crippen LogP contribution in [-0.2, 0) is 13.6 Å². The van der Waals surface area contributed by atoms with Crippen molar-refractivity contribution in [2.75, 3.05) is 19.6 Å². The summed E-state index contributed by atoms with van der Waals surface area (Å²) in [5.41, 5.74) is 2.79. The van der Waals surface area contributed by atoms with Crippen molar-refractivity contribution in [2.45, 2.75) is 32.4 Å². The Kier molecular flexibility index (Phi) is 6.22. The number of aromatic nitrogens is 2. The average Bonchev–Trinajstić information content (AvgIpc) is 2.94. The summed E-state index contributed by atoms with van der Waals surface area (Å²) >= 11 is 0. The summed E-state index contributed by atoms with van der Waals surface area (Å²) in [5, 5.41) is 3.50. The fourth-order valence-electron chi connectivity index (χ4n) is 3.13. The summed E-state index contributed by atoms with van der Waals surface area (Å²) in [4.78, 5) is 7.08. The highest BCUT2D eigenvalue weighted by molar-refractivity contribution is 5.85. The summed E-state index contributed by atoms with van der Waals surface area (Å²) in [7, 11) is 2.08. The Morgan fingerprint density at radius 2 is 2.00 bits per heavy atom. The Morgan fingerprint density at radius 3 is 2.61 bits per heavy atom. The number of rotatable bonds is 4. The Labute approximate surface area is 145 Å². The largest absolute Gasteiger partial charge is 0.337 e. The van der Waals surface area contributed by atoms with E-state index in [-0.39, 0.29) is 12.4 Å². The van der Waals surface area contributed by atoms with E-state index in [1.54, 1.807) is 0 Å². The van der Waals surface area contributed by atoms with Crippen LogP contribution >= 0.6 is 12.4 Å². The van der Waals surface area contributed by atoms with E-state index < -0.39 is 0 Å². The van der Waals surface area contributed by atoms with Crippen LogP contribution in [0.15, 0.2) is 36.7 Å². The molecule has 1 saturated heterocycles. The number of piperazine rings is 1. The first-order valence-corrected chi connectivity index (χ1v) is 8.16. The highest BCUT2D eigenvalue weighted by Crippen LogP contribution is 2.23. The topological polar surface area (TPSA) is 33.1 Å². The summed E-state index contributed by atoms with van der Waals surface area (Å²) in [5.74, 6) is 1.74. The molecule has 1 atom stereocenters. The molecule has 0 amide bonds. The second-order valence-electron chi connectivity index (χ2n) is 6.48. The zero-order chi connectivity index (χ0) is 15.5. The van der Waals surface area contributed by atoms with E-state index in [9.17, 15) is 0 Å². The molecule has 2 heterocycles. The zero-order valence-corrected chi connectivity index (χ0v) is 15.0. The van der Waals surface area contributed by atoms with Crippen molar-refractivity contribution in [3.8, 4) is 0 Å². The third-order valence-electron chi connectivity index (χ3n) is 4.54. The normalized spacial score (nSPS) is 18.9. The van der Waals surface area contributed by atoms with Crippen molar-refractivity contribution >= 4 is 12.4 Å². The van der Waals surface area contributed by atoms with Crippen molar-refractivity contribution in [3.05, 3.63) is 53.6 Å². The quantitative estimate of drug-likeness (QED) is 0.932. The van der Waals surface area contributed by atoms with Crippen LogP contribution in [0.2, 0.25) is 0 Å². The molecule has 1 unspecified atom stereocenters. The Balaban J connectivity index is 0.00000192. The molecule has 1 fully saturated rings. The molecule has 3 rings (SSSR count). The number of benzene rings is 1. The second-order valence-corrected chi connectivity index (χ2v) is 6.48. The predicted octanol–water partition coefficient (Wildman–Crippen LogP) is 3.11. The molecule has 1 aliphatic rings. The molecule has 2 aromatic rings. The predicted molar refractivity (Wildman–Crippen MR) is 97.0 cm³/mol. The molecule has 4 nitrogen and oxygen atoms in total. The third kappa shape index (κ3) is 4.14. The molecule has 1 aromatic heterocycles. The van der Waals surface area contributed by atoms with Gasteiger partial charge in [-0.1, -0.05) is 38.1 Å². The molecule has 126 valence electrons. The fourth-order valence-corrected chi connectivity index (χ4v) is 3.13. The minimum atomic E-state index is 0. The minimum absolute atomic E-state index is 0. The van der Waals surface area contributed by atoms with Crippen molar-refractivity contribution < 1.29 is 0 Å². The van der Waals surface area contributed by atoms with Crippen molar-refractivity contribution in [1.82, 2.24) is 19.8 Å². The van der Waals surface area contributed by atoms with Gasteiger partial charge in [0.1, 0.15) is 5.82 Å². The van der Waals surface area contributed by atoms with Crippen LogP contribution < -0.4 is 5.32 Å². The molecule has 1 aliphatic heterocycles. The smallest absolute Gasteiger partial charge is 0.127 e.